The molecule has 0 radical (unpaired) electrons. The van der Waals surface area contributed by atoms with Crippen LogP contribution in [0.2, 0.25) is 5.02 Å². The van der Waals surface area contributed by atoms with Crippen LogP contribution in [0.1, 0.15) is 118 Å². The second kappa shape index (κ2) is 37.3. The molecule has 3 heterocycles. The quantitative estimate of drug-likeness (QED) is 0.0374. The van der Waals surface area contributed by atoms with Gasteiger partial charge in [-0.3, -0.25) is 29.5 Å². The minimum Gasteiger partial charge on any atom is -0.483 e. The highest BCUT2D eigenvalue weighted by Gasteiger charge is 2.30. The van der Waals surface area contributed by atoms with E-state index in [-0.39, 0.29) is 18.1 Å². The summed E-state index contributed by atoms with van der Waals surface area (Å²) in [6.45, 7) is 22.0. The highest BCUT2D eigenvalue weighted by atomic mass is 35.5. The van der Waals surface area contributed by atoms with E-state index in [4.69, 9.17) is 42.8 Å². The summed E-state index contributed by atoms with van der Waals surface area (Å²) in [6, 6.07) is 9.44. The number of thiophene rings is 1. The largest absolute Gasteiger partial charge is 0.483 e. The van der Waals surface area contributed by atoms with Gasteiger partial charge in [0.15, 0.2) is 18.3 Å². The molecule has 2 atom stereocenters. The van der Waals surface area contributed by atoms with Crippen molar-refractivity contribution in [1.82, 2.24) is 15.5 Å². The van der Waals surface area contributed by atoms with Crippen LogP contribution in [0.5, 0.6) is 5.75 Å². The van der Waals surface area contributed by atoms with Crippen LogP contribution in [-0.2, 0) is 19.2 Å². The predicted octanol–water partition coefficient (Wildman–Crippen LogP) is 9.73. The van der Waals surface area contributed by atoms with Gasteiger partial charge in [0.05, 0.1) is 9.75 Å². The number of carbonyl (C=O) groups excluding carboxylic acids is 5. The number of hydrogen-bond donors (Lipinski definition) is 6. The van der Waals surface area contributed by atoms with E-state index in [1.54, 1.807) is 18.4 Å². The average molecular weight is 1090 g/mol. The molecule has 3 aliphatic rings. The van der Waals surface area contributed by atoms with E-state index in [9.17, 15) is 19.2 Å². The number of piperidine rings is 2. The number of amides is 2. The fraction of sp³-hybridized carbons (Fsp3) is 0.424. The van der Waals surface area contributed by atoms with E-state index >= 15 is 0 Å². The standard InChI is InChI=1S/C32H39N5O3.C21H27ClN2O2S.C3H8.2CH4O.CH2O/c1-4-7-30(32(40)35-21-39)36(3)29-11-10-26(27-9-6-8-24(20-38)31(27)29)22-13-16-37(17-14-22)25-18-23(28(33)19-25)12-15-34-5-2;1-4-17-19(26-12-11-25)18(22)20(27-17)16(7-5-6-9-23)13-15-8-10-24-21(2,3)14-15;1-3-2;3*1-2/h6,8-12,15,18-22,30H,4-5,7,13-14,16-17,33H2,1-3H3,(H,35,39,40);4-7,9,11,13,15,24H,1,8,10,12,14,23H2,2-3H3;3H2,1-2H3;2*2H,1H3;1H2/b23-12-,34-15?;7-5-,9-6+,16-13+;;;;. The number of imide groups is 1. The molecule has 2 aliphatic heterocycles. The maximum atomic E-state index is 12.7. The monoisotopic (exact) mass is 1090 g/mol. The molecule has 2 aromatic carbocycles. The van der Waals surface area contributed by atoms with Crippen molar-refractivity contribution in [3.8, 4) is 5.75 Å². The first-order valence-electron chi connectivity index (χ1n) is 25.6. The van der Waals surface area contributed by atoms with Crippen LogP contribution in [-0.4, -0.2) is 119 Å². The zero-order valence-electron chi connectivity index (χ0n) is 46.2. The average Bonchev–Trinajstić information content (AvgIpc) is 3.97. The van der Waals surface area contributed by atoms with Crippen molar-refractivity contribution in [3.05, 3.63) is 129 Å². The molecule has 2 amide bonds. The Kier molecular flexibility index (Phi) is 33.2. The molecule has 0 saturated carbocycles. The number of halogens is 1. The number of benzene rings is 2. The molecule has 1 aromatic heterocycles. The van der Waals surface area contributed by atoms with Crippen molar-refractivity contribution in [2.24, 2.45) is 22.4 Å². The number of aldehydes is 2. The molecule has 2 fully saturated rings. The van der Waals surface area contributed by atoms with E-state index in [1.807, 2.05) is 75.1 Å². The number of fused-ring (bicyclic) bond motifs is 1. The fourth-order valence-electron chi connectivity index (χ4n) is 9.06. The molecule has 15 nitrogen and oxygen atoms in total. The molecule has 3 aromatic rings. The lowest BCUT2D eigenvalue weighted by molar-refractivity contribution is -0.126. The zero-order valence-corrected chi connectivity index (χ0v) is 47.7. The fourth-order valence-corrected chi connectivity index (χ4v) is 10.5. The molecule has 6 rings (SSSR count). The van der Waals surface area contributed by atoms with Gasteiger partial charge < -0.3 is 46.3 Å². The molecule has 8 N–H and O–H groups in total. The van der Waals surface area contributed by atoms with E-state index < -0.39 is 6.04 Å². The maximum absolute atomic E-state index is 12.7. The third kappa shape index (κ3) is 19.9. The van der Waals surface area contributed by atoms with Crippen LogP contribution in [0.15, 0.2) is 108 Å². The molecule has 0 spiro atoms. The number of nitrogens with zero attached hydrogens (tertiary/aromatic N) is 3. The summed E-state index contributed by atoms with van der Waals surface area (Å²) in [5, 5.41) is 22.2. The Labute approximate surface area is 460 Å². The highest BCUT2D eigenvalue weighted by molar-refractivity contribution is 7.15. The Bertz CT molecular complexity index is 2520. The number of nitrogens with one attached hydrogen (secondary N) is 2. The lowest BCUT2D eigenvalue weighted by Crippen LogP contribution is -2.45. The molecule has 17 heteroatoms. The Balaban J connectivity index is 0.000000697. The number of allylic oxidation sites excluding steroid dienone is 8. The summed E-state index contributed by atoms with van der Waals surface area (Å²) in [5.41, 5.74) is 18.3. The van der Waals surface area contributed by atoms with E-state index in [0.717, 1.165) is 128 Å². The summed E-state index contributed by atoms with van der Waals surface area (Å²) in [4.78, 5) is 64.8. The molecule has 1 aliphatic carbocycles. The number of aliphatic imine (C=N–C) groups is 1. The van der Waals surface area contributed by atoms with Crippen molar-refractivity contribution in [2.75, 3.05) is 59.0 Å². The SMILES string of the molecule is C=Cc1sc(C(/C=C\C=C\N)=C/C2CCNC(C)(C)C2)c(Cl)c1OCC=O.C=O.CCC.CCCC(C(=O)NC=O)N(C)c1ccc(C2CCN(C3=C/C(=C/C=NCC)C(N)=C3)CC2)c2cccc(C=O)c12.CO.CO. The lowest BCUT2D eigenvalue weighted by atomic mass is 9.83. The normalized spacial score (nSPS) is 16.9. The van der Waals surface area contributed by atoms with Crippen molar-refractivity contribution in [1.29, 1.82) is 0 Å². The number of rotatable bonds is 19. The summed E-state index contributed by atoms with van der Waals surface area (Å²) < 4.78 is 5.53. The Hall–Kier alpha value is -6.43. The number of aliphatic hydroxyl groups excluding tert-OH is 2. The Morgan fingerprint density at radius 3 is 2.32 bits per heavy atom. The Morgan fingerprint density at radius 1 is 1.05 bits per heavy atom. The summed E-state index contributed by atoms with van der Waals surface area (Å²) in [6.07, 6.45) is 27.7. The summed E-state index contributed by atoms with van der Waals surface area (Å²) >= 11 is 8.13. The summed E-state index contributed by atoms with van der Waals surface area (Å²) in [5.74, 6) is 0.935. The van der Waals surface area contributed by atoms with Gasteiger partial charge in [-0.1, -0.05) is 94.3 Å². The molecule has 2 saturated heterocycles. The van der Waals surface area contributed by atoms with Crippen molar-refractivity contribution in [2.45, 2.75) is 104 Å². The van der Waals surface area contributed by atoms with Gasteiger partial charge in [-0.2, -0.15) is 0 Å². The van der Waals surface area contributed by atoms with Crippen LogP contribution in [0, 0.1) is 5.92 Å². The third-order valence-electron chi connectivity index (χ3n) is 12.3. The number of ether oxygens (including phenoxy) is 1. The highest BCUT2D eigenvalue weighted by Crippen LogP contribution is 2.45. The molecule has 416 valence electrons. The molecular weight excluding hydrogens is 1000 g/mol. The Morgan fingerprint density at radius 2 is 1.74 bits per heavy atom. The van der Waals surface area contributed by atoms with Crippen LogP contribution in [0.25, 0.3) is 22.4 Å². The van der Waals surface area contributed by atoms with Gasteiger partial charge >= 0.3 is 0 Å². The first kappa shape index (κ1) is 67.6. The number of likely N-dealkylation sites (tertiary alicyclic amines) is 1. The minimum absolute atomic E-state index is 0.0377. The number of nitrogens with two attached hydrogens (primary N) is 2. The van der Waals surface area contributed by atoms with Gasteiger partial charge in [-0.15, -0.1) is 11.3 Å². The maximum Gasteiger partial charge on any atom is 0.249 e. The van der Waals surface area contributed by atoms with E-state index in [1.165, 1.54) is 29.5 Å². The number of likely N-dealkylation sites (N-methyl/N-ethyl adjacent to an activating group) is 1. The van der Waals surface area contributed by atoms with Gasteiger partial charge in [0, 0.05) is 86.3 Å². The number of aliphatic hydroxyl groups is 2. The van der Waals surface area contributed by atoms with Crippen LogP contribution >= 0.6 is 22.9 Å². The number of hydrogen-bond acceptors (Lipinski definition) is 15. The van der Waals surface area contributed by atoms with Gasteiger partial charge in [-0.25, -0.2) is 0 Å². The van der Waals surface area contributed by atoms with Gasteiger partial charge in [-0.05, 0) is 130 Å². The van der Waals surface area contributed by atoms with Crippen LogP contribution in [0.3, 0.4) is 0 Å². The molecule has 76 heavy (non-hydrogen) atoms. The zero-order chi connectivity index (χ0) is 57.2. The van der Waals surface area contributed by atoms with Gasteiger partial charge in [0.2, 0.25) is 12.3 Å². The van der Waals surface area contributed by atoms with E-state index in [2.05, 4.69) is 79.1 Å². The van der Waals surface area contributed by atoms with Crippen molar-refractivity contribution < 1.29 is 38.9 Å². The van der Waals surface area contributed by atoms with E-state index in [0.29, 0.717) is 47.3 Å². The number of anilines is 1. The van der Waals surface area contributed by atoms with Crippen LogP contribution < -0.4 is 31.7 Å². The van der Waals surface area contributed by atoms with Gasteiger partial charge in [0.25, 0.3) is 0 Å². The molecular formula is C59H84ClN7O8S. The van der Waals surface area contributed by atoms with Crippen LogP contribution in [0.4, 0.5) is 5.69 Å². The van der Waals surface area contributed by atoms with Crippen molar-refractivity contribution >= 4 is 88.9 Å². The number of carbonyl (C=O) groups is 5. The second-order valence-electron chi connectivity index (χ2n) is 18.1. The van der Waals surface area contributed by atoms with Crippen molar-refractivity contribution in [3.63, 3.8) is 0 Å². The van der Waals surface area contributed by atoms with Gasteiger partial charge in [0.1, 0.15) is 24.5 Å². The lowest BCUT2D eigenvalue weighted by Gasteiger charge is -2.35. The minimum atomic E-state index is -0.528. The smallest absolute Gasteiger partial charge is 0.249 e. The third-order valence-corrected chi connectivity index (χ3v) is 14.0. The second-order valence-corrected chi connectivity index (χ2v) is 19.5. The predicted molar refractivity (Wildman–Crippen MR) is 317 cm³/mol. The topological polar surface area (TPSA) is 230 Å². The molecule has 2 unspecified atom stereocenters. The first-order chi connectivity index (χ1) is 36.8. The summed E-state index contributed by atoms with van der Waals surface area (Å²) in [7, 11) is 3.85. The first-order valence-corrected chi connectivity index (χ1v) is 26.8. The molecule has 0 bridgehead atoms.